The molecule has 0 unspecified atom stereocenters. The summed E-state index contributed by atoms with van der Waals surface area (Å²) < 4.78 is 0. The second kappa shape index (κ2) is 3.86. The van der Waals surface area contributed by atoms with Crippen molar-refractivity contribution in [2.24, 2.45) is 0 Å². The molecule has 2 aromatic rings. The van der Waals surface area contributed by atoms with Crippen molar-refractivity contribution < 1.29 is 0 Å². The van der Waals surface area contributed by atoms with Crippen molar-refractivity contribution in [2.45, 2.75) is 19.4 Å². The van der Waals surface area contributed by atoms with Gasteiger partial charge in [-0.3, -0.25) is 0 Å². The van der Waals surface area contributed by atoms with Crippen LogP contribution in [0.25, 0.3) is 10.8 Å². The van der Waals surface area contributed by atoms with Crippen LogP contribution in [-0.2, 0) is 0 Å². The average molecular weight is 210 g/mol. The predicted molar refractivity (Wildman–Crippen MR) is 68.3 cm³/mol. The van der Waals surface area contributed by atoms with Crippen LogP contribution >= 0.6 is 0 Å². The van der Waals surface area contributed by atoms with Gasteiger partial charge in [-0.25, -0.2) is 4.98 Å². The largest absolute Gasteiger partial charge is 0.354 e. The van der Waals surface area contributed by atoms with Gasteiger partial charge in [0, 0.05) is 11.6 Å². The summed E-state index contributed by atoms with van der Waals surface area (Å²) in [5.74, 6) is 3.54. The number of hydrogen-bond donors (Lipinski definition) is 1. The summed E-state index contributed by atoms with van der Waals surface area (Å²) in [6.45, 7) is 3.91. The van der Waals surface area contributed by atoms with Crippen molar-refractivity contribution >= 4 is 16.6 Å². The first kappa shape index (κ1) is 10.5. The number of nitrogens with zero attached hydrogens (tertiary/aromatic N) is 1. The Morgan fingerprint density at radius 1 is 1.25 bits per heavy atom. The standard InChI is InChI=1S/C14H14N2/c1-4-14(2,3)16-13-12-8-6-5-7-11(12)9-10-15-13/h1,5-10H,2-3H3,(H,15,16). The quantitative estimate of drug-likeness (QED) is 0.770. The first-order valence-electron chi connectivity index (χ1n) is 5.22. The third-order valence-electron chi connectivity index (χ3n) is 2.47. The number of fused-ring (bicyclic) bond motifs is 1. The molecule has 1 heterocycles. The lowest BCUT2D eigenvalue weighted by Crippen LogP contribution is -2.29. The van der Waals surface area contributed by atoms with E-state index in [1.807, 2.05) is 38.1 Å². The number of hydrogen-bond acceptors (Lipinski definition) is 2. The maximum Gasteiger partial charge on any atom is 0.134 e. The highest BCUT2D eigenvalue weighted by atomic mass is 15.0. The second-order valence-corrected chi connectivity index (χ2v) is 4.28. The van der Waals surface area contributed by atoms with Crippen LogP contribution in [0.5, 0.6) is 0 Å². The van der Waals surface area contributed by atoms with Gasteiger partial charge in [-0.15, -0.1) is 6.42 Å². The summed E-state index contributed by atoms with van der Waals surface area (Å²) in [5, 5.41) is 5.51. The van der Waals surface area contributed by atoms with Crippen LogP contribution in [0.4, 0.5) is 5.82 Å². The van der Waals surface area contributed by atoms with E-state index in [0.29, 0.717) is 0 Å². The SMILES string of the molecule is C#CC(C)(C)Nc1nccc2ccccc12. The van der Waals surface area contributed by atoms with Gasteiger partial charge in [-0.2, -0.15) is 0 Å². The van der Waals surface area contributed by atoms with Crippen LogP contribution in [0.1, 0.15) is 13.8 Å². The zero-order valence-corrected chi connectivity index (χ0v) is 9.49. The molecular weight excluding hydrogens is 196 g/mol. The molecule has 1 aromatic carbocycles. The van der Waals surface area contributed by atoms with E-state index >= 15 is 0 Å². The molecule has 0 fully saturated rings. The lowest BCUT2D eigenvalue weighted by molar-refractivity contribution is 0.738. The third-order valence-corrected chi connectivity index (χ3v) is 2.47. The summed E-state index contributed by atoms with van der Waals surface area (Å²) >= 11 is 0. The van der Waals surface area contributed by atoms with Crippen LogP contribution < -0.4 is 5.32 Å². The molecule has 1 aromatic heterocycles. The van der Waals surface area contributed by atoms with Gasteiger partial charge >= 0.3 is 0 Å². The zero-order chi connectivity index (χ0) is 11.6. The van der Waals surface area contributed by atoms with Crippen LogP contribution in [0.2, 0.25) is 0 Å². The fraction of sp³-hybridized carbons (Fsp3) is 0.214. The molecule has 0 atom stereocenters. The average Bonchev–Trinajstić information content (AvgIpc) is 2.29. The van der Waals surface area contributed by atoms with Crippen molar-refractivity contribution in [2.75, 3.05) is 5.32 Å². The van der Waals surface area contributed by atoms with Gasteiger partial charge in [-0.05, 0) is 25.3 Å². The van der Waals surface area contributed by atoms with Gasteiger partial charge < -0.3 is 5.32 Å². The molecule has 0 aliphatic rings. The van der Waals surface area contributed by atoms with Crippen LogP contribution in [0, 0.1) is 12.3 Å². The van der Waals surface area contributed by atoms with Gasteiger partial charge in [0.05, 0.1) is 5.54 Å². The lowest BCUT2D eigenvalue weighted by atomic mass is 10.1. The molecule has 80 valence electrons. The highest BCUT2D eigenvalue weighted by Gasteiger charge is 2.14. The van der Waals surface area contributed by atoms with Gasteiger partial charge in [-0.1, -0.05) is 30.2 Å². The summed E-state index contributed by atoms with van der Waals surface area (Å²) in [7, 11) is 0. The predicted octanol–water partition coefficient (Wildman–Crippen LogP) is 3.06. The Bertz CT molecular complexity index is 545. The van der Waals surface area contributed by atoms with Crippen LogP contribution in [0.3, 0.4) is 0 Å². The highest BCUT2D eigenvalue weighted by molar-refractivity contribution is 5.91. The van der Waals surface area contributed by atoms with E-state index in [-0.39, 0.29) is 0 Å². The van der Waals surface area contributed by atoms with Crippen LogP contribution in [-0.4, -0.2) is 10.5 Å². The van der Waals surface area contributed by atoms with Gasteiger partial charge in [0.2, 0.25) is 0 Å². The van der Waals surface area contributed by atoms with E-state index in [9.17, 15) is 0 Å². The normalized spacial score (nSPS) is 11.1. The molecule has 0 saturated heterocycles. The Morgan fingerprint density at radius 2 is 2.00 bits per heavy atom. The summed E-state index contributed by atoms with van der Waals surface area (Å²) in [6.07, 6.45) is 7.25. The smallest absolute Gasteiger partial charge is 0.134 e. The molecule has 0 saturated carbocycles. The molecule has 0 radical (unpaired) electrons. The minimum atomic E-state index is -0.392. The van der Waals surface area contributed by atoms with Crippen LogP contribution in [0.15, 0.2) is 36.5 Å². The van der Waals surface area contributed by atoms with E-state index in [4.69, 9.17) is 6.42 Å². The fourth-order valence-corrected chi connectivity index (χ4v) is 1.55. The number of anilines is 1. The molecule has 2 rings (SSSR count). The number of benzene rings is 1. The monoisotopic (exact) mass is 210 g/mol. The number of terminal acetylenes is 1. The van der Waals surface area contributed by atoms with Crippen molar-refractivity contribution in [3.05, 3.63) is 36.5 Å². The Labute approximate surface area is 95.7 Å². The number of aromatic nitrogens is 1. The Hall–Kier alpha value is -2.01. The first-order valence-corrected chi connectivity index (χ1v) is 5.22. The number of nitrogens with one attached hydrogen (secondary N) is 1. The van der Waals surface area contributed by atoms with E-state index in [1.54, 1.807) is 6.20 Å². The first-order chi connectivity index (χ1) is 7.62. The Morgan fingerprint density at radius 3 is 2.75 bits per heavy atom. The highest BCUT2D eigenvalue weighted by Crippen LogP contribution is 2.22. The number of rotatable bonds is 2. The van der Waals surface area contributed by atoms with E-state index < -0.39 is 5.54 Å². The maximum absolute atomic E-state index is 5.46. The van der Waals surface area contributed by atoms with Crippen molar-refractivity contribution in [3.63, 3.8) is 0 Å². The minimum Gasteiger partial charge on any atom is -0.354 e. The molecule has 0 spiro atoms. The van der Waals surface area contributed by atoms with Crippen molar-refractivity contribution in [1.82, 2.24) is 4.98 Å². The molecule has 0 bridgehead atoms. The van der Waals surface area contributed by atoms with E-state index in [0.717, 1.165) is 16.6 Å². The summed E-state index contributed by atoms with van der Waals surface area (Å²) in [6, 6.07) is 10.1. The molecule has 2 nitrogen and oxygen atoms in total. The minimum absolute atomic E-state index is 0.392. The van der Waals surface area contributed by atoms with Gasteiger partial charge in [0.25, 0.3) is 0 Å². The van der Waals surface area contributed by atoms with E-state index in [1.165, 1.54) is 0 Å². The molecular formula is C14H14N2. The Kier molecular flexibility index (Phi) is 2.54. The third kappa shape index (κ3) is 1.99. The molecule has 2 heteroatoms. The fourth-order valence-electron chi connectivity index (χ4n) is 1.55. The second-order valence-electron chi connectivity index (χ2n) is 4.28. The lowest BCUT2D eigenvalue weighted by Gasteiger charge is -2.21. The summed E-state index contributed by atoms with van der Waals surface area (Å²) in [5.41, 5.74) is -0.392. The molecule has 16 heavy (non-hydrogen) atoms. The van der Waals surface area contributed by atoms with E-state index in [2.05, 4.69) is 22.3 Å². The molecule has 0 amide bonds. The number of pyridine rings is 1. The topological polar surface area (TPSA) is 24.9 Å². The van der Waals surface area contributed by atoms with Gasteiger partial charge in [0.1, 0.15) is 5.82 Å². The molecule has 0 aliphatic heterocycles. The maximum atomic E-state index is 5.46. The van der Waals surface area contributed by atoms with Crippen molar-refractivity contribution in [3.8, 4) is 12.3 Å². The molecule has 1 N–H and O–H groups in total. The zero-order valence-electron chi connectivity index (χ0n) is 9.49. The molecule has 0 aliphatic carbocycles. The van der Waals surface area contributed by atoms with Gasteiger partial charge in [0.15, 0.2) is 0 Å². The van der Waals surface area contributed by atoms with Crippen molar-refractivity contribution in [1.29, 1.82) is 0 Å². The Balaban J connectivity index is 2.50. The summed E-state index contributed by atoms with van der Waals surface area (Å²) in [4.78, 5) is 4.33.